The van der Waals surface area contributed by atoms with Crippen LogP contribution in [0, 0.1) is 0 Å². The van der Waals surface area contributed by atoms with Crippen molar-refractivity contribution in [3.63, 3.8) is 0 Å². The zero-order chi connectivity index (χ0) is 12.4. The van der Waals surface area contributed by atoms with Crippen molar-refractivity contribution in [3.05, 3.63) is 0 Å². The zero-order valence-corrected chi connectivity index (χ0v) is 10.5. The summed E-state index contributed by atoms with van der Waals surface area (Å²) in [5.74, 6) is 0. The molecule has 1 rings (SSSR count). The van der Waals surface area contributed by atoms with Gasteiger partial charge in [0.2, 0.25) is 0 Å². The van der Waals surface area contributed by atoms with Crippen molar-refractivity contribution < 1.29 is 17.4 Å². The van der Waals surface area contributed by atoms with Gasteiger partial charge in [0.25, 0.3) is 10.1 Å². The summed E-state index contributed by atoms with van der Waals surface area (Å²) in [4.78, 5) is 6.60. The second-order valence-corrected chi connectivity index (χ2v) is 5.66. The van der Waals surface area contributed by atoms with Crippen LogP contribution in [0.5, 0.6) is 0 Å². The summed E-state index contributed by atoms with van der Waals surface area (Å²) >= 11 is 0. The number of likely N-dealkylation sites (tertiary alicyclic amines) is 1. The van der Waals surface area contributed by atoms with Crippen LogP contribution in [0.3, 0.4) is 0 Å². The summed E-state index contributed by atoms with van der Waals surface area (Å²) in [7, 11) is -0.219. The Labute approximate surface area is 95.3 Å². The van der Waals surface area contributed by atoms with E-state index in [1.54, 1.807) is 0 Å². The highest BCUT2D eigenvalue weighted by Crippen LogP contribution is 2.16. The molecule has 0 aromatic heterocycles. The highest BCUT2D eigenvalue weighted by atomic mass is 32.2. The first kappa shape index (κ1) is 13.4. The molecule has 1 unspecified atom stereocenters. The van der Waals surface area contributed by atoms with Gasteiger partial charge in [0, 0.05) is 13.1 Å². The molecule has 0 amide bonds. The van der Waals surface area contributed by atoms with Gasteiger partial charge in [-0.15, -0.1) is 0 Å². The Morgan fingerprint density at radius 2 is 2.25 bits per heavy atom. The Hall–Kier alpha value is -0.700. The Bertz CT molecular complexity index is 381. The number of nitrogens with two attached hydrogens (primary N) is 1. The van der Waals surface area contributed by atoms with E-state index in [-0.39, 0.29) is 6.61 Å². The van der Waals surface area contributed by atoms with Gasteiger partial charge in [-0.2, -0.15) is 8.42 Å². The molecule has 1 fully saturated rings. The lowest BCUT2D eigenvalue weighted by atomic mass is 10.00. The van der Waals surface area contributed by atoms with Gasteiger partial charge in [-0.25, -0.2) is 0 Å². The van der Waals surface area contributed by atoms with Gasteiger partial charge < -0.3 is 10.6 Å². The molecule has 1 atom stereocenters. The number of likely N-dealkylation sites (N-methyl/N-ethyl adjacent to an activating group) is 1. The number of rotatable bonds is 4. The highest BCUT2D eigenvalue weighted by Gasteiger charge is 2.41. The van der Waals surface area contributed by atoms with E-state index >= 15 is 0 Å². The minimum atomic E-state index is -3.50. The van der Waals surface area contributed by atoms with Gasteiger partial charge in [-0.05, 0) is 7.05 Å². The molecule has 1 aliphatic heterocycles. The molecule has 8 heteroatoms. The van der Waals surface area contributed by atoms with Crippen LogP contribution in [0.2, 0.25) is 0 Å². The zero-order valence-electron chi connectivity index (χ0n) is 9.63. The first-order chi connectivity index (χ1) is 7.27. The maximum Gasteiger partial charge on any atom is 0.264 e. The molecular weight excluding hydrogens is 234 g/mol. The first-order valence-corrected chi connectivity index (χ1v) is 6.51. The summed E-state index contributed by atoms with van der Waals surface area (Å²) in [6.07, 6.45) is 0.988. The quantitative estimate of drug-likeness (QED) is 0.488. The summed E-state index contributed by atoms with van der Waals surface area (Å²) in [6, 6.07) is 0. The molecule has 0 bridgehead atoms. The second kappa shape index (κ2) is 4.66. The van der Waals surface area contributed by atoms with Crippen LogP contribution in [0.15, 0.2) is 5.16 Å². The Morgan fingerprint density at radius 1 is 1.62 bits per heavy atom. The van der Waals surface area contributed by atoms with Crippen molar-refractivity contribution >= 4 is 15.8 Å². The molecule has 0 aliphatic carbocycles. The maximum atomic E-state index is 10.9. The van der Waals surface area contributed by atoms with E-state index in [9.17, 15) is 8.42 Å². The average Bonchev–Trinajstić information content (AvgIpc) is 2.39. The molecule has 0 saturated carbocycles. The average molecular weight is 251 g/mol. The molecule has 0 spiro atoms. The van der Waals surface area contributed by atoms with E-state index in [2.05, 4.69) is 9.99 Å². The van der Waals surface area contributed by atoms with Crippen molar-refractivity contribution in [2.45, 2.75) is 5.54 Å². The van der Waals surface area contributed by atoms with Crippen LogP contribution in [-0.2, 0) is 19.1 Å². The molecule has 7 nitrogen and oxygen atoms in total. The first-order valence-electron chi connectivity index (χ1n) is 4.69. The molecule has 94 valence electrons. The predicted molar refractivity (Wildman–Crippen MR) is 59.7 cm³/mol. The van der Waals surface area contributed by atoms with E-state index in [1.807, 2.05) is 11.9 Å². The van der Waals surface area contributed by atoms with Gasteiger partial charge in [0.05, 0.1) is 24.1 Å². The summed E-state index contributed by atoms with van der Waals surface area (Å²) < 4.78 is 26.6. The van der Waals surface area contributed by atoms with Crippen LogP contribution in [0.25, 0.3) is 0 Å². The third-order valence-corrected chi connectivity index (χ3v) is 2.82. The SMILES string of the molecule is CON=C1CN(C)CC1(N)COS(C)(=O)=O. The Morgan fingerprint density at radius 3 is 2.75 bits per heavy atom. The lowest BCUT2D eigenvalue weighted by molar-refractivity contribution is 0.206. The van der Waals surface area contributed by atoms with E-state index < -0.39 is 15.7 Å². The fourth-order valence-corrected chi connectivity index (χ4v) is 2.04. The summed E-state index contributed by atoms with van der Waals surface area (Å²) in [6.45, 7) is 0.889. The van der Waals surface area contributed by atoms with Gasteiger partial charge in [0.15, 0.2) is 0 Å². The maximum absolute atomic E-state index is 10.9. The second-order valence-electron chi connectivity index (χ2n) is 4.02. The Kier molecular flexibility index (Phi) is 3.89. The van der Waals surface area contributed by atoms with Crippen LogP contribution in [-0.4, -0.2) is 64.7 Å². The molecule has 1 saturated heterocycles. The van der Waals surface area contributed by atoms with Crippen LogP contribution >= 0.6 is 0 Å². The number of nitrogens with zero attached hydrogens (tertiary/aromatic N) is 2. The molecule has 1 aliphatic rings. The van der Waals surface area contributed by atoms with Crippen LogP contribution < -0.4 is 5.73 Å². The van der Waals surface area contributed by atoms with Crippen molar-refractivity contribution in [3.8, 4) is 0 Å². The van der Waals surface area contributed by atoms with Crippen LogP contribution in [0.4, 0.5) is 0 Å². The molecule has 16 heavy (non-hydrogen) atoms. The molecular formula is C8H17N3O4S. The van der Waals surface area contributed by atoms with Gasteiger partial charge in [0.1, 0.15) is 7.11 Å². The minimum absolute atomic E-state index is 0.127. The van der Waals surface area contributed by atoms with E-state index in [1.165, 1.54) is 7.11 Å². The Balaban J connectivity index is 2.78. The largest absolute Gasteiger partial charge is 0.399 e. The summed E-state index contributed by atoms with van der Waals surface area (Å²) in [5, 5.41) is 3.80. The van der Waals surface area contributed by atoms with Crippen molar-refractivity contribution in [2.75, 3.05) is 40.1 Å². The standard InChI is InChI=1S/C8H17N3O4S/c1-11-4-7(10-14-2)8(9,5-11)6-15-16(3,12)13/h4-6,9H2,1-3H3. The molecule has 1 heterocycles. The molecule has 0 aromatic rings. The van der Waals surface area contributed by atoms with Gasteiger partial charge in [-0.3, -0.25) is 9.08 Å². The van der Waals surface area contributed by atoms with E-state index in [0.717, 1.165) is 6.26 Å². The molecule has 2 N–H and O–H groups in total. The minimum Gasteiger partial charge on any atom is -0.399 e. The highest BCUT2D eigenvalue weighted by molar-refractivity contribution is 7.85. The van der Waals surface area contributed by atoms with Gasteiger partial charge >= 0.3 is 0 Å². The predicted octanol–water partition coefficient (Wildman–Crippen LogP) is -1.39. The number of hydrogen-bond donors (Lipinski definition) is 1. The lowest BCUT2D eigenvalue weighted by Crippen LogP contribution is -2.52. The van der Waals surface area contributed by atoms with Crippen molar-refractivity contribution in [1.82, 2.24) is 4.90 Å². The number of hydrogen-bond acceptors (Lipinski definition) is 7. The molecule has 0 radical (unpaired) electrons. The fourth-order valence-electron chi connectivity index (χ4n) is 1.61. The number of oxime groups is 1. The molecule has 0 aromatic carbocycles. The monoisotopic (exact) mass is 251 g/mol. The third-order valence-electron chi connectivity index (χ3n) is 2.28. The smallest absolute Gasteiger partial charge is 0.264 e. The van der Waals surface area contributed by atoms with Gasteiger partial charge in [-0.1, -0.05) is 5.16 Å². The van der Waals surface area contributed by atoms with Crippen LogP contribution in [0.1, 0.15) is 0 Å². The van der Waals surface area contributed by atoms with E-state index in [4.69, 9.17) is 9.92 Å². The lowest BCUT2D eigenvalue weighted by Gasteiger charge is -2.22. The normalized spacial score (nSPS) is 29.9. The van der Waals surface area contributed by atoms with Crippen molar-refractivity contribution in [1.29, 1.82) is 0 Å². The van der Waals surface area contributed by atoms with Crippen molar-refractivity contribution in [2.24, 2.45) is 10.9 Å². The van der Waals surface area contributed by atoms with E-state index in [0.29, 0.717) is 18.8 Å². The third kappa shape index (κ3) is 3.41. The fraction of sp³-hybridized carbons (Fsp3) is 0.875. The summed E-state index contributed by atoms with van der Waals surface area (Å²) in [5.41, 5.74) is 5.72. The topological polar surface area (TPSA) is 94.2 Å².